The van der Waals surface area contributed by atoms with Crippen molar-refractivity contribution in [1.29, 1.82) is 0 Å². The molecule has 2 atom stereocenters. The predicted octanol–water partition coefficient (Wildman–Crippen LogP) is 1.47. The van der Waals surface area contributed by atoms with Gasteiger partial charge in [0.05, 0.1) is 11.6 Å². The molecule has 6 heteroatoms. The molecule has 1 aromatic heterocycles. The molecular formula is C13H14N4O2. The molecule has 0 radical (unpaired) electrons. The Kier molecular flexibility index (Phi) is 2.58. The molecule has 2 unspecified atom stereocenters. The fourth-order valence-corrected chi connectivity index (χ4v) is 2.30. The molecule has 1 heterocycles. The van der Waals surface area contributed by atoms with Gasteiger partial charge < -0.3 is 5.11 Å². The number of carboxylic acid groups (broad SMARTS) is 1. The van der Waals surface area contributed by atoms with Gasteiger partial charge in [0.25, 0.3) is 0 Å². The second-order valence-electron chi connectivity index (χ2n) is 5.03. The zero-order chi connectivity index (χ0) is 13.6. The van der Waals surface area contributed by atoms with Crippen LogP contribution in [0.5, 0.6) is 0 Å². The third-order valence-electron chi connectivity index (χ3n) is 3.53. The summed E-state index contributed by atoms with van der Waals surface area (Å²) in [5.74, 6) is -0.566. The molecule has 0 spiro atoms. The van der Waals surface area contributed by atoms with E-state index >= 15 is 0 Å². The van der Waals surface area contributed by atoms with Crippen molar-refractivity contribution in [2.75, 3.05) is 0 Å². The maximum Gasteiger partial charge on any atom is 0.307 e. The minimum Gasteiger partial charge on any atom is -0.481 e. The van der Waals surface area contributed by atoms with Crippen molar-refractivity contribution < 1.29 is 9.90 Å². The third kappa shape index (κ3) is 1.99. The Morgan fingerprint density at radius 1 is 1.42 bits per heavy atom. The van der Waals surface area contributed by atoms with Gasteiger partial charge in [-0.25, -0.2) is 0 Å². The fraction of sp³-hybridized carbons (Fsp3) is 0.385. The molecule has 1 aliphatic rings. The van der Waals surface area contributed by atoms with Crippen LogP contribution in [0.15, 0.2) is 18.2 Å². The molecule has 3 rings (SSSR count). The Morgan fingerprint density at radius 2 is 2.21 bits per heavy atom. The summed E-state index contributed by atoms with van der Waals surface area (Å²) in [6.07, 6.45) is 0.612. The highest BCUT2D eigenvalue weighted by Gasteiger charge is 2.47. The zero-order valence-electron chi connectivity index (χ0n) is 10.7. The van der Waals surface area contributed by atoms with Crippen molar-refractivity contribution in [2.45, 2.75) is 26.2 Å². The molecule has 6 nitrogen and oxygen atoms in total. The number of hydrogen-bond acceptors (Lipinski definition) is 4. The van der Waals surface area contributed by atoms with Crippen molar-refractivity contribution in [3.63, 3.8) is 0 Å². The minimum atomic E-state index is -0.777. The van der Waals surface area contributed by atoms with E-state index in [1.54, 1.807) is 4.68 Å². The number of carboxylic acids is 1. The largest absolute Gasteiger partial charge is 0.481 e. The quantitative estimate of drug-likeness (QED) is 0.901. The van der Waals surface area contributed by atoms with Crippen LogP contribution in [0.4, 0.5) is 0 Å². The van der Waals surface area contributed by atoms with Gasteiger partial charge >= 0.3 is 5.97 Å². The van der Waals surface area contributed by atoms with Crippen molar-refractivity contribution in [2.24, 2.45) is 5.92 Å². The van der Waals surface area contributed by atoms with Gasteiger partial charge in [0.2, 0.25) is 0 Å². The first-order chi connectivity index (χ1) is 9.08. The normalized spacial score (nSPS) is 21.4. The lowest BCUT2D eigenvalue weighted by Gasteiger charge is -2.08. The average Bonchev–Trinajstić information content (AvgIpc) is 3.03. The Labute approximate surface area is 110 Å². The molecule has 0 aliphatic heterocycles. The molecular weight excluding hydrogens is 244 g/mol. The summed E-state index contributed by atoms with van der Waals surface area (Å²) in [5, 5.41) is 20.7. The minimum absolute atomic E-state index is 0.0765. The topological polar surface area (TPSA) is 80.9 Å². The van der Waals surface area contributed by atoms with Crippen LogP contribution in [0.1, 0.15) is 29.3 Å². The molecule has 19 heavy (non-hydrogen) atoms. The first kappa shape index (κ1) is 11.8. The lowest BCUT2D eigenvalue weighted by Crippen LogP contribution is -2.07. The number of aromatic nitrogens is 4. The first-order valence-corrected chi connectivity index (χ1v) is 6.16. The average molecular weight is 258 g/mol. The van der Waals surface area contributed by atoms with Gasteiger partial charge in [0.15, 0.2) is 5.82 Å². The molecule has 1 fully saturated rings. The van der Waals surface area contributed by atoms with Crippen LogP contribution in [0.2, 0.25) is 0 Å². The zero-order valence-corrected chi connectivity index (χ0v) is 10.7. The van der Waals surface area contributed by atoms with Gasteiger partial charge in [-0.2, -0.15) is 4.68 Å². The molecule has 1 aromatic carbocycles. The van der Waals surface area contributed by atoms with Gasteiger partial charge in [0.1, 0.15) is 0 Å². The maximum absolute atomic E-state index is 11.0. The van der Waals surface area contributed by atoms with Crippen LogP contribution in [0.3, 0.4) is 0 Å². The summed E-state index contributed by atoms with van der Waals surface area (Å²) in [5.41, 5.74) is 3.09. The smallest absolute Gasteiger partial charge is 0.307 e. The second-order valence-corrected chi connectivity index (χ2v) is 5.03. The van der Waals surface area contributed by atoms with Gasteiger partial charge in [-0.15, -0.1) is 5.10 Å². The van der Waals surface area contributed by atoms with Crippen molar-refractivity contribution in [3.05, 3.63) is 35.2 Å². The van der Waals surface area contributed by atoms with Gasteiger partial charge in [0, 0.05) is 5.92 Å². The number of carbonyl (C=O) groups is 1. The highest BCUT2D eigenvalue weighted by atomic mass is 16.4. The van der Waals surface area contributed by atoms with E-state index in [9.17, 15) is 4.79 Å². The monoisotopic (exact) mass is 258 g/mol. The molecule has 0 saturated heterocycles. The third-order valence-corrected chi connectivity index (χ3v) is 3.53. The van der Waals surface area contributed by atoms with E-state index in [-0.39, 0.29) is 11.8 Å². The number of tetrazole rings is 1. The van der Waals surface area contributed by atoms with Crippen LogP contribution >= 0.6 is 0 Å². The molecule has 98 valence electrons. The Bertz CT molecular complexity index is 650. The van der Waals surface area contributed by atoms with E-state index in [0.717, 1.165) is 16.8 Å². The summed E-state index contributed by atoms with van der Waals surface area (Å²) >= 11 is 0. The van der Waals surface area contributed by atoms with Gasteiger partial charge in [-0.1, -0.05) is 12.1 Å². The van der Waals surface area contributed by atoms with Crippen molar-refractivity contribution in [1.82, 2.24) is 20.2 Å². The lowest BCUT2D eigenvalue weighted by atomic mass is 10.1. The fourth-order valence-electron chi connectivity index (χ4n) is 2.30. The summed E-state index contributed by atoms with van der Waals surface area (Å²) in [6.45, 7) is 3.99. The van der Waals surface area contributed by atoms with E-state index in [0.29, 0.717) is 12.2 Å². The highest BCUT2D eigenvalue weighted by Crippen LogP contribution is 2.46. The number of nitrogens with zero attached hydrogens (tertiary/aromatic N) is 4. The van der Waals surface area contributed by atoms with Gasteiger partial charge in [-0.3, -0.25) is 4.79 Å². The highest BCUT2D eigenvalue weighted by molar-refractivity contribution is 5.74. The Hall–Kier alpha value is -2.24. The van der Waals surface area contributed by atoms with E-state index < -0.39 is 5.97 Å². The SMILES string of the molecule is Cc1ccc(C)c(-n2nnnc2C2CC2C(=O)O)c1. The van der Waals surface area contributed by atoms with E-state index in [4.69, 9.17) is 5.11 Å². The van der Waals surface area contributed by atoms with Crippen LogP contribution in [-0.2, 0) is 4.79 Å². The van der Waals surface area contributed by atoms with Crippen molar-refractivity contribution in [3.8, 4) is 5.69 Å². The number of benzene rings is 1. The van der Waals surface area contributed by atoms with Crippen LogP contribution in [0.25, 0.3) is 5.69 Å². The molecule has 2 aromatic rings. The van der Waals surface area contributed by atoms with Crippen molar-refractivity contribution >= 4 is 5.97 Å². The van der Waals surface area contributed by atoms with Gasteiger partial charge in [-0.05, 0) is 47.9 Å². The van der Waals surface area contributed by atoms with Crippen LogP contribution < -0.4 is 0 Å². The summed E-state index contributed by atoms with van der Waals surface area (Å²) in [4.78, 5) is 11.0. The summed E-state index contributed by atoms with van der Waals surface area (Å²) < 4.78 is 1.66. The Morgan fingerprint density at radius 3 is 2.89 bits per heavy atom. The molecule has 1 aliphatic carbocycles. The standard InChI is InChI=1S/C13H14N4O2/c1-7-3-4-8(2)11(5-7)17-12(14-15-16-17)9-6-10(9)13(18)19/h3-5,9-10H,6H2,1-2H3,(H,18,19). The van der Waals surface area contributed by atoms with E-state index in [2.05, 4.69) is 15.5 Å². The molecule has 1 saturated carbocycles. The maximum atomic E-state index is 11.0. The lowest BCUT2D eigenvalue weighted by molar-refractivity contribution is -0.138. The second kappa shape index (κ2) is 4.15. The summed E-state index contributed by atoms with van der Waals surface area (Å²) in [6, 6.07) is 6.05. The molecule has 0 amide bonds. The predicted molar refractivity (Wildman–Crippen MR) is 67.1 cm³/mol. The number of aliphatic carboxylic acids is 1. The molecule has 0 bridgehead atoms. The number of aryl methyl sites for hydroxylation is 2. The van der Waals surface area contributed by atoms with Crippen LogP contribution in [-0.4, -0.2) is 31.3 Å². The van der Waals surface area contributed by atoms with E-state index in [1.807, 2.05) is 32.0 Å². The first-order valence-electron chi connectivity index (χ1n) is 6.16. The summed E-state index contributed by atoms with van der Waals surface area (Å²) in [7, 11) is 0. The van der Waals surface area contributed by atoms with Crippen LogP contribution in [0, 0.1) is 19.8 Å². The number of hydrogen-bond donors (Lipinski definition) is 1. The number of rotatable bonds is 3. The van der Waals surface area contributed by atoms with E-state index in [1.165, 1.54) is 0 Å². The Balaban J connectivity index is 2.01. The molecule has 1 N–H and O–H groups in total.